The van der Waals surface area contributed by atoms with Gasteiger partial charge < -0.3 is 5.32 Å². The van der Waals surface area contributed by atoms with E-state index in [-0.39, 0.29) is 5.82 Å². The van der Waals surface area contributed by atoms with Gasteiger partial charge in [0, 0.05) is 11.1 Å². The molecule has 1 aliphatic carbocycles. The molecule has 0 bridgehead atoms. The summed E-state index contributed by atoms with van der Waals surface area (Å²) in [6.45, 7) is 5.39. The van der Waals surface area contributed by atoms with Crippen molar-refractivity contribution in [3.63, 3.8) is 0 Å². The Labute approximate surface area is 114 Å². The second-order valence-corrected chi connectivity index (χ2v) is 5.71. The normalized spacial score (nSPS) is 18.7. The lowest BCUT2D eigenvalue weighted by Crippen LogP contribution is -2.37. The van der Waals surface area contributed by atoms with E-state index in [0.29, 0.717) is 17.0 Å². The maximum Gasteiger partial charge on any atom is 0.124 e. The van der Waals surface area contributed by atoms with Crippen LogP contribution in [0.4, 0.5) is 4.39 Å². The minimum Gasteiger partial charge on any atom is -0.314 e. The van der Waals surface area contributed by atoms with E-state index >= 15 is 0 Å². The lowest BCUT2D eigenvalue weighted by atomic mass is 9.91. The van der Waals surface area contributed by atoms with E-state index < -0.39 is 0 Å². The van der Waals surface area contributed by atoms with E-state index in [9.17, 15) is 4.39 Å². The predicted molar refractivity (Wildman–Crippen MR) is 74.5 cm³/mol. The first-order valence-electron chi connectivity index (χ1n) is 6.79. The SMILES string of the molecule is CCNC(Cc1ccc(F)cc1Cl)C(C)C1CC1. The van der Waals surface area contributed by atoms with Gasteiger partial charge in [-0.25, -0.2) is 4.39 Å². The van der Waals surface area contributed by atoms with Crippen LogP contribution >= 0.6 is 11.6 Å². The Morgan fingerprint density at radius 1 is 1.44 bits per heavy atom. The van der Waals surface area contributed by atoms with E-state index in [4.69, 9.17) is 11.6 Å². The van der Waals surface area contributed by atoms with E-state index in [1.165, 1.54) is 25.0 Å². The number of halogens is 2. The molecule has 1 aliphatic rings. The number of nitrogens with one attached hydrogen (secondary N) is 1. The largest absolute Gasteiger partial charge is 0.314 e. The zero-order valence-electron chi connectivity index (χ0n) is 11.0. The molecule has 1 fully saturated rings. The molecular formula is C15H21ClFN. The summed E-state index contributed by atoms with van der Waals surface area (Å²) in [6.07, 6.45) is 3.57. The van der Waals surface area contributed by atoms with Crippen LogP contribution in [-0.2, 0) is 6.42 Å². The van der Waals surface area contributed by atoms with Crippen LogP contribution in [0.3, 0.4) is 0 Å². The second kappa shape index (κ2) is 6.03. The third-order valence-electron chi connectivity index (χ3n) is 3.92. The molecule has 1 saturated carbocycles. The molecule has 2 rings (SSSR count). The predicted octanol–water partition coefficient (Wildman–Crippen LogP) is 4.05. The van der Waals surface area contributed by atoms with Gasteiger partial charge in [0.05, 0.1) is 0 Å². The maximum absolute atomic E-state index is 13.0. The van der Waals surface area contributed by atoms with Gasteiger partial charge in [0.2, 0.25) is 0 Å². The highest BCUT2D eigenvalue weighted by Crippen LogP contribution is 2.39. The van der Waals surface area contributed by atoms with E-state index in [2.05, 4.69) is 19.2 Å². The molecule has 1 aromatic carbocycles. The number of benzene rings is 1. The van der Waals surface area contributed by atoms with Crippen molar-refractivity contribution in [2.75, 3.05) is 6.54 Å². The Balaban J connectivity index is 2.07. The van der Waals surface area contributed by atoms with Crippen molar-refractivity contribution in [3.05, 3.63) is 34.6 Å². The molecule has 18 heavy (non-hydrogen) atoms. The van der Waals surface area contributed by atoms with Crippen molar-refractivity contribution in [1.29, 1.82) is 0 Å². The number of likely N-dealkylation sites (N-methyl/N-ethyl adjacent to an activating group) is 1. The lowest BCUT2D eigenvalue weighted by molar-refractivity contribution is 0.344. The first-order valence-corrected chi connectivity index (χ1v) is 7.17. The Morgan fingerprint density at radius 2 is 2.17 bits per heavy atom. The first kappa shape index (κ1) is 13.8. The third-order valence-corrected chi connectivity index (χ3v) is 4.27. The van der Waals surface area contributed by atoms with Crippen LogP contribution in [0.2, 0.25) is 5.02 Å². The van der Waals surface area contributed by atoms with Crippen LogP contribution in [0.5, 0.6) is 0 Å². The van der Waals surface area contributed by atoms with Crippen molar-refractivity contribution in [3.8, 4) is 0 Å². The molecule has 3 heteroatoms. The molecule has 0 aromatic heterocycles. The van der Waals surface area contributed by atoms with E-state index in [0.717, 1.165) is 24.4 Å². The highest BCUT2D eigenvalue weighted by atomic mass is 35.5. The minimum atomic E-state index is -0.265. The molecule has 0 spiro atoms. The molecule has 1 nitrogen and oxygen atoms in total. The van der Waals surface area contributed by atoms with Crippen LogP contribution in [0.1, 0.15) is 32.3 Å². The zero-order valence-corrected chi connectivity index (χ0v) is 11.8. The summed E-state index contributed by atoms with van der Waals surface area (Å²) in [4.78, 5) is 0. The third kappa shape index (κ3) is 3.46. The van der Waals surface area contributed by atoms with Gasteiger partial charge in [0.15, 0.2) is 0 Å². The van der Waals surface area contributed by atoms with Gasteiger partial charge in [0.25, 0.3) is 0 Å². The van der Waals surface area contributed by atoms with Gasteiger partial charge in [0.1, 0.15) is 5.82 Å². The molecule has 0 aliphatic heterocycles. The van der Waals surface area contributed by atoms with Crippen molar-refractivity contribution >= 4 is 11.6 Å². The van der Waals surface area contributed by atoms with Crippen molar-refractivity contribution < 1.29 is 4.39 Å². The highest BCUT2D eigenvalue weighted by molar-refractivity contribution is 6.31. The number of hydrogen-bond donors (Lipinski definition) is 1. The zero-order chi connectivity index (χ0) is 13.1. The van der Waals surface area contributed by atoms with Crippen LogP contribution in [-0.4, -0.2) is 12.6 Å². The maximum atomic E-state index is 13.0. The average Bonchev–Trinajstić information content (AvgIpc) is 3.15. The van der Waals surface area contributed by atoms with Gasteiger partial charge in [-0.1, -0.05) is 31.5 Å². The standard InChI is InChI=1S/C15H21ClFN/c1-3-18-15(10(2)11-4-5-11)8-12-6-7-13(17)9-14(12)16/h6-7,9-11,15,18H,3-5,8H2,1-2H3. The van der Waals surface area contributed by atoms with E-state index in [1.54, 1.807) is 0 Å². The Morgan fingerprint density at radius 3 is 2.72 bits per heavy atom. The summed E-state index contributed by atoms with van der Waals surface area (Å²) in [5.41, 5.74) is 1.04. The van der Waals surface area contributed by atoms with Crippen LogP contribution in [0.25, 0.3) is 0 Å². The molecule has 1 N–H and O–H groups in total. The van der Waals surface area contributed by atoms with Crippen LogP contribution in [0, 0.1) is 17.7 Å². The second-order valence-electron chi connectivity index (χ2n) is 5.30. The summed E-state index contributed by atoms with van der Waals surface area (Å²) >= 11 is 6.11. The van der Waals surface area contributed by atoms with Gasteiger partial charge in [-0.15, -0.1) is 0 Å². The summed E-state index contributed by atoms with van der Waals surface area (Å²) in [5.74, 6) is 1.25. The summed E-state index contributed by atoms with van der Waals surface area (Å²) < 4.78 is 13.0. The van der Waals surface area contributed by atoms with E-state index in [1.807, 2.05) is 6.07 Å². The molecule has 1 aromatic rings. The fourth-order valence-corrected chi connectivity index (χ4v) is 2.83. The molecule has 2 atom stereocenters. The van der Waals surface area contributed by atoms with Crippen LogP contribution < -0.4 is 5.32 Å². The molecule has 0 heterocycles. The topological polar surface area (TPSA) is 12.0 Å². The number of hydrogen-bond acceptors (Lipinski definition) is 1. The summed E-state index contributed by atoms with van der Waals surface area (Å²) in [5, 5.41) is 4.08. The molecule has 0 saturated heterocycles. The minimum absolute atomic E-state index is 0.265. The summed E-state index contributed by atoms with van der Waals surface area (Å²) in [7, 11) is 0. The van der Waals surface area contributed by atoms with Crippen molar-refractivity contribution in [2.24, 2.45) is 11.8 Å². The quantitative estimate of drug-likeness (QED) is 0.822. The molecule has 2 unspecified atom stereocenters. The van der Waals surface area contributed by atoms with Gasteiger partial charge >= 0.3 is 0 Å². The fraction of sp³-hybridized carbons (Fsp3) is 0.600. The molecule has 0 amide bonds. The van der Waals surface area contributed by atoms with Crippen LogP contribution in [0.15, 0.2) is 18.2 Å². The number of rotatable bonds is 6. The molecule has 100 valence electrons. The summed E-state index contributed by atoms with van der Waals surface area (Å²) in [6, 6.07) is 5.14. The molecular weight excluding hydrogens is 249 g/mol. The first-order chi connectivity index (χ1) is 8.61. The van der Waals surface area contributed by atoms with Gasteiger partial charge in [-0.3, -0.25) is 0 Å². The fourth-order valence-electron chi connectivity index (χ4n) is 2.58. The average molecular weight is 270 g/mol. The highest BCUT2D eigenvalue weighted by Gasteiger charge is 2.33. The Bertz CT molecular complexity index is 403. The molecule has 0 radical (unpaired) electrons. The lowest BCUT2D eigenvalue weighted by Gasteiger charge is -2.25. The van der Waals surface area contributed by atoms with Gasteiger partial charge in [-0.2, -0.15) is 0 Å². The van der Waals surface area contributed by atoms with Gasteiger partial charge in [-0.05, 0) is 55.3 Å². The smallest absolute Gasteiger partial charge is 0.124 e. The Hall–Kier alpha value is -0.600. The van der Waals surface area contributed by atoms with Crippen molar-refractivity contribution in [1.82, 2.24) is 5.32 Å². The van der Waals surface area contributed by atoms with Crippen molar-refractivity contribution in [2.45, 2.75) is 39.2 Å². The Kier molecular flexibility index (Phi) is 4.63. The monoisotopic (exact) mass is 269 g/mol.